The van der Waals surface area contributed by atoms with Gasteiger partial charge in [0.05, 0.1) is 13.2 Å². The monoisotopic (exact) mass is 360 g/mol. The van der Waals surface area contributed by atoms with Gasteiger partial charge in [-0.25, -0.2) is 0 Å². The molecular formula is C19H24N2O3S. The Labute approximate surface area is 154 Å². The molecule has 0 aliphatic rings. The number of ether oxygens (including phenoxy) is 3. The Bertz CT molecular complexity index is 659. The summed E-state index contributed by atoms with van der Waals surface area (Å²) >= 11 is 5.28. The summed E-state index contributed by atoms with van der Waals surface area (Å²) < 4.78 is 16.3. The lowest BCUT2D eigenvalue weighted by Gasteiger charge is -2.16. The van der Waals surface area contributed by atoms with E-state index in [9.17, 15) is 0 Å². The number of methoxy groups -OCH3 is 1. The van der Waals surface area contributed by atoms with Crippen molar-refractivity contribution in [1.29, 1.82) is 0 Å². The molecule has 0 aliphatic heterocycles. The zero-order chi connectivity index (χ0) is 18.1. The molecule has 134 valence electrons. The van der Waals surface area contributed by atoms with E-state index >= 15 is 0 Å². The summed E-state index contributed by atoms with van der Waals surface area (Å²) in [5, 5.41) is 6.85. The highest BCUT2D eigenvalue weighted by Crippen LogP contribution is 2.25. The van der Waals surface area contributed by atoms with Crippen LogP contribution < -0.4 is 20.1 Å². The van der Waals surface area contributed by atoms with Crippen molar-refractivity contribution in [2.75, 3.05) is 25.6 Å². The Kier molecular flexibility index (Phi) is 7.50. The standard InChI is InChI=1S/C19H24N2O3S/c1-4-23-16-9-11-18(12-10-16)24-17-7-5-15(6-8-17)21-19(25)20-14(2)13-22-3/h5-12,14H,4,13H2,1-3H3,(H2,20,21,25). The minimum Gasteiger partial charge on any atom is -0.494 e. The van der Waals surface area contributed by atoms with Gasteiger partial charge in [-0.15, -0.1) is 0 Å². The van der Waals surface area contributed by atoms with Crippen LogP contribution in [-0.2, 0) is 4.74 Å². The van der Waals surface area contributed by atoms with Crippen LogP contribution in [0, 0.1) is 0 Å². The van der Waals surface area contributed by atoms with Gasteiger partial charge in [0.2, 0.25) is 0 Å². The highest BCUT2D eigenvalue weighted by atomic mass is 32.1. The molecule has 0 aromatic heterocycles. The number of rotatable bonds is 8. The molecule has 0 radical (unpaired) electrons. The van der Waals surface area contributed by atoms with E-state index in [1.807, 2.05) is 62.4 Å². The number of hydrogen-bond donors (Lipinski definition) is 2. The first-order valence-corrected chi connectivity index (χ1v) is 8.58. The van der Waals surface area contributed by atoms with E-state index in [1.54, 1.807) is 7.11 Å². The molecule has 2 N–H and O–H groups in total. The molecule has 2 aromatic rings. The van der Waals surface area contributed by atoms with Crippen LogP contribution in [0.4, 0.5) is 5.69 Å². The number of benzene rings is 2. The summed E-state index contributed by atoms with van der Waals surface area (Å²) in [4.78, 5) is 0. The number of nitrogens with one attached hydrogen (secondary N) is 2. The lowest BCUT2D eigenvalue weighted by Crippen LogP contribution is -2.38. The van der Waals surface area contributed by atoms with Crippen molar-refractivity contribution in [1.82, 2.24) is 5.32 Å². The fourth-order valence-corrected chi connectivity index (χ4v) is 2.51. The maximum absolute atomic E-state index is 5.82. The first kappa shape index (κ1) is 19.0. The lowest BCUT2D eigenvalue weighted by molar-refractivity contribution is 0.179. The van der Waals surface area contributed by atoms with Gasteiger partial charge in [-0.2, -0.15) is 0 Å². The molecule has 2 rings (SSSR count). The third-order valence-corrected chi connectivity index (χ3v) is 3.50. The fraction of sp³-hybridized carbons (Fsp3) is 0.316. The van der Waals surface area contributed by atoms with E-state index < -0.39 is 0 Å². The first-order valence-electron chi connectivity index (χ1n) is 8.18. The average molecular weight is 360 g/mol. The summed E-state index contributed by atoms with van der Waals surface area (Å²) in [5.41, 5.74) is 0.890. The molecular weight excluding hydrogens is 336 g/mol. The second-order valence-corrected chi connectivity index (χ2v) is 5.89. The summed E-state index contributed by atoms with van der Waals surface area (Å²) in [5.74, 6) is 2.34. The van der Waals surface area contributed by atoms with Crippen LogP contribution in [0.2, 0.25) is 0 Å². The second-order valence-electron chi connectivity index (χ2n) is 5.49. The molecule has 6 heteroatoms. The minimum atomic E-state index is 0.146. The molecule has 0 spiro atoms. The van der Waals surface area contributed by atoms with Crippen molar-refractivity contribution in [3.8, 4) is 17.2 Å². The predicted octanol–water partition coefficient (Wildman–Crippen LogP) is 4.20. The van der Waals surface area contributed by atoms with Crippen LogP contribution in [-0.4, -0.2) is 31.5 Å². The number of anilines is 1. The summed E-state index contributed by atoms with van der Waals surface area (Å²) in [7, 11) is 1.66. The van der Waals surface area contributed by atoms with Gasteiger partial charge in [-0.3, -0.25) is 0 Å². The Morgan fingerprint density at radius 1 is 1.00 bits per heavy atom. The molecule has 25 heavy (non-hydrogen) atoms. The van der Waals surface area contributed by atoms with Gasteiger partial charge in [-0.05, 0) is 74.6 Å². The van der Waals surface area contributed by atoms with E-state index in [-0.39, 0.29) is 6.04 Å². The zero-order valence-corrected chi connectivity index (χ0v) is 15.6. The smallest absolute Gasteiger partial charge is 0.171 e. The van der Waals surface area contributed by atoms with Gasteiger partial charge >= 0.3 is 0 Å². The Hall–Kier alpha value is -2.31. The molecule has 1 unspecified atom stereocenters. The maximum atomic E-state index is 5.82. The largest absolute Gasteiger partial charge is 0.494 e. The summed E-state index contributed by atoms with van der Waals surface area (Å²) in [6.45, 7) is 5.21. The van der Waals surface area contributed by atoms with E-state index in [4.69, 9.17) is 26.4 Å². The highest BCUT2D eigenvalue weighted by molar-refractivity contribution is 7.80. The molecule has 0 bridgehead atoms. The van der Waals surface area contributed by atoms with Gasteiger partial charge in [0.1, 0.15) is 17.2 Å². The topological polar surface area (TPSA) is 51.8 Å². The van der Waals surface area contributed by atoms with Gasteiger partial charge < -0.3 is 24.8 Å². The van der Waals surface area contributed by atoms with Crippen molar-refractivity contribution < 1.29 is 14.2 Å². The quantitative estimate of drug-likeness (QED) is 0.688. The highest BCUT2D eigenvalue weighted by Gasteiger charge is 2.04. The van der Waals surface area contributed by atoms with Crippen molar-refractivity contribution in [2.24, 2.45) is 0 Å². The van der Waals surface area contributed by atoms with Crippen LogP contribution in [0.15, 0.2) is 48.5 Å². The Balaban J connectivity index is 1.87. The van der Waals surface area contributed by atoms with Crippen molar-refractivity contribution in [3.05, 3.63) is 48.5 Å². The summed E-state index contributed by atoms with van der Waals surface area (Å²) in [6.07, 6.45) is 0. The van der Waals surface area contributed by atoms with Gasteiger partial charge in [0, 0.05) is 18.8 Å². The normalized spacial score (nSPS) is 11.5. The van der Waals surface area contributed by atoms with Crippen molar-refractivity contribution >= 4 is 23.0 Å². The number of thiocarbonyl (C=S) groups is 1. The van der Waals surface area contributed by atoms with Crippen LogP contribution in [0.1, 0.15) is 13.8 Å². The van der Waals surface area contributed by atoms with Gasteiger partial charge in [0.15, 0.2) is 5.11 Å². The molecule has 0 amide bonds. The van der Waals surface area contributed by atoms with Crippen molar-refractivity contribution in [3.63, 3.8) is 0 Å². The third-order valence-electron chi connectivity index (χ3n) is 3.28. The van der Waals surface area contributed by atoms with Crippen molar-refractivity contribution in [2.45, 2.75) is 19.9 Å². The van der Waals surface area contributed by atoms with E-state index in [0.29, 0.717) is 18.3 Å². The minimum absolute atomic E-state index is 0.146. The zero-order valence-electron chi connectivity index (χ0n) is 14.7. The van der Waals surface area contributed by atoms with Gasteiger partial charge in [0.25, 0.3) is 0 Å². The van der Waals surface area contributed by atoms with Crippen LogP contribution in [0.25, 0.3) is 0 Å². The molecule has 0 saturated heterocycles. The number of hydrogen-bond acceptors (Lipinski definition) is 4. The van der Waals surface area contributed by atoms with Crippen LogP contribution in [0.3, 0.4) is 0 Å². The average Bonchev–Trinajstić information content (AvgIpc) is 2.59. The Morgan fingerprint density at radius 2 is 1.56 bits per heavy atom. The molecule has 2 aromatic carbocycles. The molecule has 0 aliphatic carbocycles. The van der Waals surface area contributed by atoms with Gasteiger partial charge in [-0.1, -0.05) is 0 Å². The fourth-order valence-electron chi connectivity index (χ4n) is 2.20. The molecule has 0 heterocycles. The molecule has 0 fully saturated rings. The molecule has 0 saturated carbocycles. The van der Waals surface area contributed by atoms with Crippen LogP contribution >= 0.6 is 12.2 Å². The maximum Gasteiger partial charge on any atom is 0.171 e. The van der Waals surface area contributed by atoms with E-state index in [0.717, 1.165) is 22.9 Å². The molecule has 1 atom stereocenters. The predicted molar refractivity (Wildman–Crippen MR) is 105 cm³/mol. The van der Waals surface area contributed by atoms with E-state index in [2.05, 4.69) is 10.6 Å². The summed E-state index contributed by atoms with van der Waals surface area (Å²) in [6, 6.07) is 15.3. The SMILES string of the molecule is CCOc1ccc(Oc2ccc(NC(=S)NC(C)COC)cc2)cc1. The lowest BCUT2D eigenvalue weighted by atomic mass is 10.3. The Morgan fingerprint density at radius 3 is 2.12 bits per heavy atom. The van der Waals surface area contributed by atoms with Crippen LogP contribution in [0.5, 0.6) is 17.2 Å². The first-order chi connectivity index (χ1) is 12.1. The third kappa shape index (κ3) is 6.60. The second kappa shape index (κ2) is 9.86. The van der Waals surface area contributed by atoms with E-state index in [1.165, 1.54) is 0 Å². The molecule has 5 nitrogen and oxygen atoms in total.